The van der Waals surface area contributed by atoms with Crippen LogP contribution in [0.2, 0.25) is 0 Å². The van der Waals surface area contributed by atoms with Gasteiger partial charge in [-0.1, -0.05) is 0 Å². The summed E-state index contributed by atoms with van der Waals surface area (Å²) in [6.45, 7) is 0. The summed E-state index contributed by atoms with van der Waals surface area (Å²) in [5.41, 5.74) is 7.40. The van der Waals surface area contributed by atoms with E-state index in [0.29, 0.717) is 10.9 Å². The van der Waals surface area contributed by atoms with Crippen LogP contribution in [0.4, 0.5) is 10.1 Å². The minimum absolute atomic E-state index is 0.0644. The number of benzene rings is 1. The molecule has 1 heterocycles. The van der Waals surface area contributed by atoms with Crippen molar-refractivity contribution in [3.05, 3.63) is 24.0 Å². The predicted molar refractivity (Wildman–Crippen MR) is 44.7 cm³/mol. The van der Waals surface area contributed by atoms with Gasteiger partial charge >= 0.3 is 0 Å². The van der Waals surface area contributed by atoms with Crippen molar-refractivity contribution >= 4 is 16.6 Å². The third kappa shape index (κ3) is 1.05. The SMILES string of the molecule is N=Nc1c(O)[nH]c2ccc(F)cc12. The first kappa shape index (κ1) is 7.72. The van der Waals surface area contributed by atoms with Crippen LogP contribution in [0.1, 0.15) is 0 Å². The number of rotatable bonds is 1. The summed E-state index contributed by atoms with van der Waals surface area (Å²) >= 11 is 0. The van der Waals surface area contributed by atoms with Crippen molar-refractivity contribution in [3.63, 3.8) is 0 Å². The van der Waals surface area contributed by atoms with Crippen LogP contribution in [-0.4, -0.2) is 10.1 Å². The molecule has 2 aromatic rings. The molecule has 0 radical (unpaired) electrons. The lowest BCUT2D eigenvalue weighted by molar-refractivity contribution is 0.459. The smallest absolute Gasteiger partial charge is 0.218 e. The summed E-state index contributed by atoms with van der Waals surface area (Å²) in [5.74, 6) is -0.632. The highest BCUT2D eigenvalue weighted by Crippen LogP contribution is 2.34. The Morgan fingerprint density at radius 1 is 1.46 bits per heavy atom. The summed E-state index contributed by atoms with van der Waals surface area (Å²) in [5, 5.41) is 12.7. The highest BCUT2D eigenvalue weighted by molar-refractivity contribution is 5.93. The topological polar surface area (TPSA) is 72.2 Å². The third-order valence-electron chi connectivity index (χ3n) is 1.83. The molecule has 0 fully saturated rings. The van der Waals surface area contributed by atoms with E-state index in [0.717, 1.165) is 0 Å². The zero-order chi connectivity index (χ0) is 9.42. The molecule has 0 aliphatic rings. The van der Waals surface area contributed by atoms with Crippen molar-refractivity contribution in [3.8, 4) is 5.88 Å². The zero-order valence-electron chi connectivity index (χ0n) is 6.50. The van der Waals surface area contributed by atoms with Gasteiger partial charge in [0.1, 0.15) is 5.82 Å². The van der Waals surface area contributed by atoms with E-state index in [1.807, 2.05) is 0 Å². The summed E-state index contributed by atoms with van der Waals surface area (Å²) in [4.78, 5) is 2.58. The molecule has 0 bridgehead atoms. The molecule has 0 aliphatic carbocycles. The molecule has 1 aromatic heterocycles. The van der Waals surface area contributed by atoms with Gasteiger partial charge in [0.25, 0.3) is 0 Å². The first-order valence-corrected chi connectivity index (χ1v) is 3.60. The Hall–Kier alpha value is -1.91. The van der Waals surface area contributed by atoms with Gasteiger partial charge in [-0.05, 0) is 18.2 Å². The second kappa shape index (κ2) is 2.55. The van der Waals surface area contributed by atoms with Crippen LogP contribution in [-0.2, 0) is 0 Å². The summed E-state index contributed by atoms with van der Waals surface area (Å²) in [6.07, 6.45) is 0. The Balaban J connectivity index is 2.88. The second-order valence-corrected chi connectivity index (χ2v) is 2.62. The number of nitrogens with one attached hydrogen (secondary N) is 2. The van der Waals surface area contributed by atoms with E-state index in [2.05, 4.69) is 10.1 Å². The van der Waals surface area contributed by atoms with E-state index in [1.165, 1.54) is 18.2 Å². The first-order valence-electron chi connectivity index (χ1n) is 3.60. The van der Waals surface area contributed by atoms with Crippen molar-refractivity contribution in [1.82, 2.24) is 4.98 Å². The Kier molecular flexibility index (Phi) is 1.51. The molecule has 2 rings (SSSR count). The van der Waals surface area contributed by atoms with Crippen LogP contribution >= 0.6 is 0 Å². The third-order valence-corrected chi connectivity index (χ3v) is 1.83. The van der Waals surface area contributed by atoms with Crippen molar-refractivity contribution < 1.29 is 9.50 Å². The predicted octanol–water partition coefficient (Wildman–Crippen LogP) is 2.68. The van der Waals surface area contributed by atoms with Gasteiger partial charge in [0, 0.05) is 5.39 Å². The maximum Gasteiger partial charge on any atom is 0.218 e. The number of aromatic amines is 1. The molecule has 0 spiro atoms. The zero-order valence-corrected chi connectivity index (χ0v) is 6.50. The number of nitrogens with zero attached hydrogens (tertiary/aromatic N) is 1. The molecule has 13 heavy (non-hydrogen) atoms. The van der Waals surface area contributed by atoms with Gasteiger partial charge in [0.15, 0.2) is 5.69 Å². The molecule has 5 heteroatoms. The maximum atomic E-state index is 12.8. The number of hydrogen-bond donors (Lipinski definition) is 3. The molecule has 0 unspecified atom stereocenters. The lowest BCUT2D eigenvalue weighted by Gasteiger charge is -1.89. The Labute approximate surface area is 72.5 Å². The standard InChI is InChI=1S/C8H6FN3O/c9-4-1-2-6-5(3-4)7(12-10)8(13)11-6/h1-3,10-11,13H. The number of aromatic nitrogens is 1. The van der Waals surface area contributed by atoms with Gasteiger partial charge in [0.2, 0.25) is 5.88 Å². The molecule has 4 nitrogen and oxygen atoms in total. The molecular formula is C8H6FN3O. The van der Waals surface area contributed by atoms with Crippen LogP contribution < -0.4 is 0 Å². The fourth-order valence-corrected chi connectivity index (χ4v) is 1.25. The molecule has 0 saturated heterocycles. The van der Waals surface area contributed by atoms with E-state index in [4.69, 9.17) is 5.53 Å². The molecule has 66 valence electrons. The molecular weight excluding hydrogens is 173 g/mol. The maximum absolute atomic E-state index is 12.8. The first-order chi connectivity index (χ1) is 6.22. The Bertz CT molecular complexity index is 477. The minimum Gasteiger partial charge on any atom is -0.493 e. The lowest BCUT2D eigenvalue weighted by Crippen LogP contribution is -1.71. The number of hydrogen-bond acceptors (Lipinski definition) is 3. The quantitative estimate of drug-likeness (QED) is 0.578. The van der Waals surface area contributed by atoms with Crippen molar-refractivity contribution in [1.29, 1.82) is 5.53 Å². The largest absolute Gasteiger partial charge is 0.493 e. The highest BCUT2D eigenvalue weighted by Gasteiger charge is 2.09. The molecule has 1 aromatic carbocycles. The van der Waals surface area contributed by atoms with E-state index >= 15 is 0 Å². The fraction of sp³-hybridized carbons (Fsp3) is 0. The van der Waals surface area contributed by atoms with Crippen molar-refractivity contribution in [2.75, 3.05) is 0 Å². The van der Waals surface area contributed by atoms with E-state index < -0.39 is 5.82 Å². The van der Waals surface area contributed by atoms with Gasteiger partial charge in [-0.25, -0.2) is 9.92 Å². The van der Waals surface area contributed by atoms with Crippen molar-refractivity contribution in [2.24, 2.45) is 5.11 Å². The minimum atomic E-state index is -0.420. The van der Waals surface area contributed by atoms with Crippen LogP contribution in [0.3, 0.4) is 0 Å². The number of fused-ring (bicyclic) bond motifs is 1. The van der Waals surface area contributed by atoms with Crippen LogP contribution in [0.15, 0.2) is 23.3 Å². The van der Waals surface area contributed by atoms with Gasteiger partial charge in [-0.3, -0.25) is 0 Å². The average Bonchev–Trinajstić information content (AvgIpc) is 2.40. The molecule has 0 saturated carbocycles. The number of aromatic hydroxyl groups is 1. The van der Waals surface area contributed by atoms with Gasteiger partial charge in [-0.15, -0.1) is 0 Å². The molecule has 0 amide bonds. The van der Waals surface area contributed by atoms with E-state index in [9.17, 15) is 9.50 Å². The normalized spacial score (nSPS) is 10.5. The number of halogens is 1. The molecule has 0 atom stereocenters. The summed E-state index contributed by atoms with van der Waals surface area (Å²) in [7, 11) is 0. The van der Waals surface area contributed by atoms with Crippen LogP contribution in [0, 0.1) is 11.3 Å². The highest BCUT2D eigenvalue weighted by atomic mass is 19.1. The number of H-pyrrole nitrogens is 1. The lowest BCUT2D eigenvalue weighted by atomic mass is 10.2. The summed E-state index contributed by atoms with van der Waals surface area (Å²) < 4.78 is 12.8. The average molecular weight is 179 g/mol. The van der Waals surface area contributed by atoms with Crippen LogP contribution in [0.5, 0.6) is 5.88 Å². The van der Waals surface area contributed by atoms with Crippen molar-refractivity contribution in [2.45, 2.75) is 0 Å². The monoisotopic (exact) mass is 179 g/mol. The fourth-order valence-electron chi connectivity index (χ4n) is 1.25. The Morgan fingerprint density at radius 2 is 2.23 bits per heavy atom. The van der Waals surface area contributed by atoms with Gasteiger partial charge < -0.3 is 10.1 Å². The molecule has 0 aliphatic heterocycles. The van der Waals surface area contributed by atoms with Gasteiger partial charge in [0.05, 0.1) is 5.52 Å². The second-order valence-electron chi connectivity index (χ2n) is 2.62. The van der Waals surface area contributed by atoms with Crippen LogP contribution in [0.25, 0.3) is 10.9 Å². The molecule has 3 N–H and O–H groups in total. The Morgan fingerprint density at radius 3 is 2.92 bits per heavy atom. The summed E-state index contributed by atoms with van der Waals surface area (Å²) in [6, 6.07) is 3.98. The van der Waals surface area contributed by atoms with E-state index in [1.54, 1.807) is 0 Å². The van der Waals surface area contributed by atoms with Gasteiger partial charge in [-0.2, -0.15) is 5.11 Å². The van der Waals surface area contributed by atoms with E-state index in [-0.39, 0.29) is 11.6 Å².